The van der Waals surface area contributed by atoms with Crippen LogP contribution in [0.4, 0.5) is 5.69 Å². The Balaban J connectivity index is 2.96. The molecular weight excluding hydrogens is 264 g/mol. The summed E-state index contributed by atoms with van der Waals surface area (Å²) in [5.41, 5.74) is 2.47. The molecule has 0 aliphatic rings. The molecule has 0 aliphatic heterocycles. The van der Waals surface area contributed by atoms with Crippen LogP contribution < -0.4 is 15.5 Å². The van der Waals surface area contributed by atoms with Crippen LogP contribution in [0.15, 0.2) is 18.2 Å². The third kappa shape index (κ3) is 5.09. The van der Waals surface area contributed by atoms with Crippen molar-refractivity contribution in [1.82, 2.24) is 10.6 Å². The molecule has 21 heavy (non-hydrogen) atoms. The molecule has 0 atom stereocenters. The number of rotatable bonds is 7. The van der Waals surface area contributed by atoms with E-state index in [1.54, 1.807) is 7.05 Å². The van der Waals surface area contributed by atoms with Crippen LogP contribution in [0.25, 0.3) is 0 Å². The molecular formula is C16H24N4O. The van der Waals surface area contributed by atoms with Gasteiger partial charge >= 0.3 is 0 Å². The quantitative estimate of drug-likeness (QED) is 0.800. The van der Waals surface area contributed by atoms with E-state index in [9.17, 15) is 10.1 Å². The van der Waals surface area contributed by atoms with Gasteiger partial charge < -0.3 is 15.5 Å². The van der Waals surface area contributed by atoms with Gasteiger partial charge in [-0.2, -0.15) is 5.26 Å². The third-order valence-electron chi connectivity index (χ3n) is 3.23. The zero-order chi connectivity index (χ0) is 15.8. The van der Waals surface area contributed by atoms with E-state index in [2.05, 4.69) is 30.6 Å². The maximum Gasteiger partial charge on any atom is 0.239 e. The predicted molar refractivity (Wildman–Crippen MR) is 85.1 cm³/mol. The smallest absolute Gasteiger partial charge is 0.239 e. The molecule has 1 aromatic carbocycles. The number of nitrogens with one attached hydrogen (secondary N) is 2. The first kappa shape index (κ1) is 17.0. The van der Waals surface area contributed by atoms with Gasteiger partial charge in [-0.05, 0) is 24.6 Å². The van der Waals surface area contributed by atoms with Gasteiger partial charge in [0.25, 0.3) is 0 Å². The van der Waals surface area contributed by atoms with Crippen molar-refractivity contribution in [2.75, 3.05) is 25.0 Å². The van der Waals surface area contributed by atoms with E-state index in [1.165, 1.54) is 0 Å². The summed E-state index contributed by atoms with van der Waals surface area (Å²) < 4.78 is 0. The Morgan fingerprint density at radius 3 is 2.67 bits per heavy atom. The number of hydrogen-bond donors (Lipinski definition) is 2. The fourth-order valence-electron chi connectivity index (χ4n) is 2.00. The van der Waals surface area contributed by atoms with Crippen LogP contribution >= 0.6 is 0 Å². The topological polar surface area (TPSA) is 68.2 Å². The Hall–Kier alpha value is -2.06. The summed E-state index contributed by atoms with van der Waals surface area (Å²) in [5, 5.41) is 15.3. The van der Waals surface area contributed by atoms with Gasteiger partial charge in [-0.1, -0.05) is 19.9 Å². The van der Waals surface area contributed by atoms with Crippen molar-refractivity contribution in [2.45, 2.75) is 33.4 Å². The van der Waals surface area contributed by atoms with Crippen molar-refractivity contribution in [1.29, 1.82) is 5.26 Å². The van der Waals surface area contributed by atoms with Crippen LogP contribution in [0.1, 0.15) is 31.9 Å². The summed E-state index contributed by atoms with van der Waals surface area (Å²) in [4.78, 5) is 13.5. The number of hydrogen-bond acceptors (Lipinski definition) is 4. The number of carbonyl (C=O) groups is 1. The standard InChI is InChI=1S/C16H24N4O/c1-5-20(11-16(21)18-4)15-7-6-13(8-14(15)9-17)10-19-12(2)3/h6-8,12,19H,5,10-11H2,1-4H3,(H,18,21). The second kappa shape index (κ2) is 8.28. The molecule has 114 valence electrons. The SMILES string of the molecule is CCN(CC(=O)NC)c1ccc(CNC(C)C)cc1C#N. The van der Waals surface area contributed by atoms with Gasteiger partial charge in [-0.25, -0.2) is 0 Å². The van der Waals surface area contributed by atoms with Gasteiger partial charge in [0.15, 0.2) is 0 Å². The molecule has 5 heteroatoms. The van der Waals surface area contributed by atoms with E-state index in [0.29, 0.717) is 18.2 Å². The minimum absolute atomic E-state index is 0.0636. The van der Waals surface area contributed by atoms with Gasteiger partial charge in [0.05, 0.1) is 17.8 Å². The van der Waals surface area contributed by atoms with Crippen molar-refractivity contribution in [3.05, 3.63) is 29.3 Å². The lowest BCUT2D eigenvalue weighted by Gasteiger charge is -2.23. The van der Waals surface area contributed by atoms with Crippen molar-refractivity contribution in [3.63, 3.8) is 0 Å². The molecule has 2 N–H and O–H groups in total. The average Bonchev–Trinajstić information content (AvgIpc) is 2.50. The first-order chi connectivity index (χ1) is 10.0. The molecule has 1 amide bonds. The molecule has 5 nitrogen and oxygen atoms in total. The van der Waals surface area contributed by atoms with Gasteiger partial charge in [0, 0.05) is 26.2 Å². The Labute approximate surface area is 126 Å². The largest absolute Gasteiger partial charge is 0.361 e. The summed E-state index contributed by atoms with van der Waals surface area (Å²) in [6.07, 6.45) is 0. The Morgan fingerprint density at radius 2 is 2.14 bits per heavy atom. The molecule has 0 saturated carbocycles. The summed E-state index contributed by atoms with van der Waals surface area (Å²) in [6.45, 7) is 7.80. The number of benzene rings is 1. The van der Waals surface area contributed by atoms with E-state index < -0.39 is 0 Å². The highest BCUT2D eigenvalue weighted by molar-refractivity contribution is 5.81. The maximum atomic E-state index is 11.6. The molecule has 1 aromatic rings. The van der Waals surface area contributed by atoms with Crippen LogP contribution in [0.5, 0.6) is 0 Å². The zero-order valence-corrected chi connectivity index (χ0v) is 13.2. The Bertz CT molecular complexity index is 519. The highest BCUT2D eigenvalue weighted by atomic mass is 16.1. The molecule has 0 saturated heterocycles. The minimum Gasteiger partial charge on any atom is -0.361 e. The molecule has 0 unspecified atom stereocenters. The number of nitrogens with zero attached hydrogens (tertiary/aromatic N) is 2. The van der Waals surface area contributed by atoms with Gasteiger partial charge in [0.2, 0.25) is 5.91 Å². The monoisotopic (exact) mass is 288 g/mol. The van der Waals surface area contributed by atoms with E-state index >= 15 is 0 Å². The van der Waals surface area contributed by atoms with Gasteiger partial charge in [-0.15, -0.1) is 0 Å². The number of nitriles is 1. The van der Waals surface area contributed by atoms with E-state index in [0.717, 1.165) is 17.8 Å². The molecule has 0 aliphatic carbocycles. The lowest BCUT2D eigenvalue weighted by Crippen LogP contribution is -2.36. The fraction of sp³-hybridized carbons (Fsp3) is 0.500. The van der Waals surface area contributed by atoms with E-state index in [1.807, 2.05) is 30.0 Å². The molecule has 1 rings (SSSR count). The summed E-state index contributed by atoms with van der Waals surface area (Å²) >= 11 is 0. The van der Waals surface area contributed by atoms with Crippen LogP contribution in [-0.4, -0.2) is 32.1 Å². The first-order valence-corrected chi connectivity index (χ1v) is 7.23. The molecule has 0 aromatic heterocycles. The third-order valence-corrected chi connectivity index (χ3v) is 3.23. The second-order valence-electron chi connectivity index (χ2n) is 5.19. The van der Waals surface area contributed by atoms with Crippen molar-refractivity contribution in [3.8, 4) is 6.07 Å². The van der Waals surface area contributed by atoms with Gasteiger partial charge in [0.1, 0.15) is 6.07 Å². The minimum atomic E-state index is -0.0636. The number of anilines is 1. The zero-order valence-electron chi connectivity index (χ0n) is 13.2. The molecule has 0 heterocycles. The molecule has 0 fully saturated rings. The fourth-order valence-corrected chi connectivity index (χ4v) is 2.00. The van der Waals surface area contributed by atoms with E-state index in [4.69, 9.17) is 0 Å². The maximum absolute atomic E-state index is 11.6. The number of amides is 1. The Morgan fingerprint density at radius 1 is 1.43 bits per heavy atom. The van der Waals surface area contributed by atoms with Gasteiger partial charge in [-0.3, -0.25) is 4.79 Å². The summed E-state index contributed by atoms with van der Waals surface area (Å²) in [5.74, 6) is -0.0636. The van der Waals surface area contributed by atoms with Crippen LogP contribution in [0.2, 0.25) is 0 Å². The van der Waals surface area contributed by atoms with Crippen molar-refractivity contribution in [2.24, 2.45) is 0 Å². The summed E-state index contributed by atoms with van der Waals surface area (Å²) in [7, 11) is 1.61. The second-order valence-corrected chi connectivity index (χ2v) is 5.19. The Kier molecular flexibility index (Phi) is 6.70. The first-order valence-electron chi connectivity index (χ1n) is 7.23. The van der Waals surface area contributed by atoms with Crippen LogP contribution in [0, 0.1) is 11.3 Å². The lowest BCUT2D eigenvalue weighted by atomic mass is 10.1. The highest BCUT2D eigenvalue weighted by Crippen LogP contribution is 2.21. The summed E-state index contributed by atoms with van der Waals surface area (Å²) in [6, 6.07) is 8.43. The van der Waals surface area contributed by atoms with Crippen LogP contribution in [-0.2, 0) is 11.3 Å². The predicted octanol–water partition coefficient (Wildman–Crippen LogP) is 1.63. The average molecular weight is 288 g/mol. The number of carbonyl (C=O) groups excluding carboxylic acids is 1. The number of likely N-dealkylation sites (N-methyl/N-ethyl adjacent to an activating group) is 2. The van der Waals surface area contributed by atoms with Crippen molar-refractivity contribution < 1.29 is 4.79 Å². The normalized spacial score (nSPS) is 10.3. The highest BCUT2D eigenvalue weighted by Gasteiger charge is 2.13. The molecule has 0 bridgehead atoms. The molecule has 0 radical (unpaired) electrons. The molecule has 0 spiro atoms. The van der Waals surface area contributed by atoms with Crippen LogP contribution in [0.3, 0.4) is 0 Å². The van der Waals surface area contributed by atoms with Crippen molar-refractivity contribution >= 4 is 11.6 Å². The van der Waals surface area contributed by atoms with E-state index in [-0.39, 0.29) is 12.5 Å². The lowest BCUT2D eigenvalue weighted by molar-refractivity contribution is -0.119.